The lowest BCUT2D eigenvalue weighted by Crippen LogP contribution is -1.97. The molecule has 1 heterocycles. The Bertz CT molecular complexity index is 921. The molecule has 3 rings (SSSR count). The molecule has 0 saturated carbocycles. The molecule has 214 valence electrons. The van der Waals surface area contributed by atoms with Crippen LogP contribution < -0.4 is 9.47 Å². The number of nitrogens with zero attached hydrogens (tertiary/aromatic N) is 2. The Kier molecular flexibility index (Phi) is 15.7. The summed E-state index contributed by atoms with van der Waals surface area (Å²) in [5.41, 5.74) is 2.15. The van der Waals surface area contributed by atoms with Crippen molar-refractivity contribution in [1.29, 1.82) is 0 Å². The number of benzene rings is 2. The van der Waals surface area contributed by atoms with Crippen molar-refractivity contribution in [3.05, 3.63) is 48.5 Å². The van der Waals surface area contributed by atoms with E-state index in [4.69, 9.17) is 9.47 Å². The molecule has 3 aromatic rings. The molecule has 5 heteroatoms. The van der Waals surface area contributed by atoms with Crippen molar-refractivity contribution in [2.45, 2.75) is 117 Å². The first kappa shape index (κ1) is 31.1. The highest BCUT2D eigenvalue weighted by molar-refractivity contribution is 7.17. The molecule has 0 aliphatic rings. The molecule has 0 atom stereocenters. The van der Waals surface area contributed by atoms with Crippen molar-refractivity contribution >= 4 is 11.3 Å². The molecule has 2 aromatic carbocycles. The standard InChI is InChI=1S/C34H50N2O2S/c1-3-5-7-9-11-13-15-17-27-37-31-23-19-29(20-24-31)33-35-36-34(39-33)30-21-25-32(26-22-30)38-28-18-16-14-12-10-8-6-4-2/h19-26H,3-18,27-28H2,1-2H3. The third-order valence-electron chi connectivity index (χ3n) is 7.16. The quantitative estimate of drug-likeness (QED) is 0.117. The molecule has 0 fully saturated rings. The lowest BCUT2D eigenvalue weighted by atomic mass is 10.1. The Hall–Kier alpha value is -2.40. The zero-order chi connectivity index (χ0) is 27.4. The average Bonchev–Trinajstić information content (AvgIpc) is 3.46. The van der Waals surface area contributed by atoms with Crippen LogP contribution in [0.3, 0.4) is 0 Å². The highest BCUT2D eigenvalue weighted by Crippen LogP contribution is 2.31. The number of unbranched alkanes of at least 4 members (excludes halogenated alkanes) is 14. The third kappa shape index (κ3) is 12.5. The molecule has 1 aromatic heterocycles. The molecule has 0 spiro atoms. The highest BCUT2D eigenvalue weighted by Gasteiger charge is 2.09. The minimum atomic E-state index is 0.788. The van der Waals surface area contributed by atoms with E-state index in [1.165, 1.54) is 89.9 Å². The highest BCUT2D eigenvalue weighted by atomic mass is 32.1. The Morgan fingerprint density at radius 2 is 0.795 bits per heavy atom. The third-order valence-corrected chi connectivity index (χ3v) is 8.18. The number of hydrogen-bond acceptors (Lipinski definition) is 5. The van der Waals surface area contributed by atoms with Gasteiger partial charge in [-0.05, 0) is 61.4 Å². The van der Waals surface area contributed by atoms with Gasteiger partial charge in [-0.15, -0.1) is 10.2 Å². The molecule has 4 nitrogen and oxygen atoms in total. The van der Waals surface area contributed by atoms with E-state index in [-0.39, 0.29) is 0 Å². The lowest BCUT2D eigenvalue weighted by Gasteiger charge is -2.07. The number of hydrogen-bond donors (Lipinski definition) is 0. The summed E-state index contributed by atoms with van der Waals surface area (Å²) in [6, 6.07) is 16.5. The SMILES string of the molecule is CCCCCCCCCCOc1ccc(-c2nnc(-c3ccc(OCCCCCCCCCC)cc3)s2)cc1. The molecule has 0 radical (unpaired) electrons. The van der Waals surface area contributed by atoms with Crippen molar-refractivity contribution in [2.75, 3.05) is 13.2 Å². The van der Waals surface area contributed by atoms with Gasteiger partial charge in [0.25, 0.3) is 0 Å². The van der Waals surface area contributed by atoms with Gasteiger partial charge in [-0.3, -0.25) is 0 Å². The van der Waals surface area contributed by atoms with Crippen molar-refractivity contribution in [3.63, 3.8) is 0 Å². The van der Waals surface area contributed by atoms with Crippen LogP contribution in [0, 0.1) is 0 Å². The fourth-order valence-corrected chi connectivity index (χ4v) is 5.55. The van der Waals surface area contributed by atoms with E-state index in [0.29, 0.717) is 0 Å². The summed E-state index contributed by atoms with van der Waals surface area (Å²) in [5, 5.41) is 10.7. The second kappa shape index (κ2) is 19.6. The summed E-state index contributed by atoms with van der Waals surface area (Å²) in [6.07, 6.45) is 21.0. The Morgan fingerprint density at radius 1 is 0.462 bits per heavy atom. The monoisotopic (exact) mass is 550 g/mol. The molecule has 0 amide bonds. The predicted molar refractivity (Wildman–Crippen MR) is 167 cm³/mol. The first-order valence-electron chi connectivity index (χ1n) is 15.6. The zero-order valence-corrected chi connectivity index (χ0v) is 25.3. The summed E-state index contributed by atoms with van der Waals surface area (Å²) in [6.45, 7) is 6.11. The molecule has 0 bridgehead atoms. The van der Waals surface area contributed by atoms with E-state index in [2.05, 4.69) is 48.3 Å². The molecule has 0 aliphatic heterocycles. The van der Waals surface area contributed by atoms with Crippen LogP contribution in [-0.2, 0) is 0 Å². The largest absolute Gasteiger partial charge is 0.494 e. The van der Waals surface area contributed by atoms with Crippen molar-refractivity contribution < 1.29 is 9.47 Å². The normalized spacial score (nSPS) is 11.1. The van der Waals surface area contributed by atoms with Gasteiger partial charge in [0, 0.05) is 11.1 Å². The van der Waals surface area contributed by atoms with Gasteiger partial charge in [0.05, 0.1) is 13.2 Å². The van der Waals surface area contributed by atoms with Crippen LogP contribution in [0.4, 0.5) is 0 Å². The first-order valence-corrected chi connectivity index (χ1v) is 16.4. The van der Waals surface area contributed by atoms with Crippen LogP contribution in [0.5, 0.6) is 11.5 Å². The average molecular weight is 551 g/mol. The van der Waals surface area contributed by atoms with Crippen LogP contribution >= 0.6 is 11.3 Å². The second-order valence-electron chi connectivity index (χ2n) is 10.6. The van der Waals surface area contributed by atoms with Gasteiger partial charge >= 0.3 is 0 Å². The predicted octanol–water partition coefficient (Wildman–Crippen LogP) is 10.9. The molecule has 0 unspecified atom stereocenters. The van der Waals surface area contributed by atoms with E-state index in [1.807, 2.05) is 24.3 Å². The topological polar surface area (TPSA) is 44.2 Å². The summed E-state index contributed by atoms with van der Waals surface area (Å²) in [5.74, 6) is 1.85. The Labute approximate surface area is 241 Å². The summed E-state index contributed by atoms with van der Waals surface area (Å²) in [4.78, 5) is 0. The number of ether oxygens (including phenoxy) is 2. The van der Waals surface area contributed by atoms with Crippen LogP contribution in [0.25, 0.3) is 21.1 Å². The minimum Gasteiger partial charge on any atom is -0.494 e. The van der Waals surface area contributed by atoms with E-state index in [0.717, 1.165) is 58.7 Å². The number of aromatic nitrogens is 2. The first-order chi connectivity index (χ1) is 19.3. The van der Waals surface area contributed by atoms with Gasteiger partial charge in [-0.1, -0.05) is 115 Å². The Morgan fingerprint density at radius 3 is 1.15 bits per heavy atom. The molecular weight excluding hydrogens is 500 g/mol. The van der Waals surface area contributed by atoms with Gasteiger partial charge in [0.15, 0.2) is 0 Å². The molecule has 39 heavy (non-hydrogen) atoms. The summed E-state index contributed by atoms with van der Waals surface area (Å²) >= 11 is 1.61. The van der Waals surface area contributed by atoms with Crippen molar-refractivity contribution in [2.24, 2.45) is 0 Å². The van der Waals surface area contributed by atoms with Crippen LogP contribution in [0.2, 0.25) is 0 Å². The molecular formula is C34H50N2O2S. The maximum absolute atomic E-state index is 5.95. The van der Waals surface area contributed by atoms with Gasteiger partial charge in [-0.2, -0.15) is 0 Å². The lowest BCUT2D eigenvalue weighted by molar-refractivity contribution is 0.304. The summed E-state index contributed by atoms with van der Waals surface area (Å²) < 4.78 is 11.9. The second-order valence-corrected chi connectivity index (χ2v) is 11.6. The van der Waals surface area contributed by atoms with E-state index in [9.17, 15) is 0 Å². The maximum Gasteiger partial charge on any atom is 0.148 e. The fourth-order valence-electron chi connectivity index (χ4n) is 4.70. The van der Waals surface area contributed by atoms with Gasteiger partial charge < -0.3 is 9.47 Å². The smallest absolute Gasteiger partial charge is 0.148 e. The minimum absolute atomic E-state index is 0.788. The van der Waals surface area contributed by atoms with Gasteiger partial charge in [0.1, 0.15) is 21.5 Å². The van der Waals surface area contributed by atoms with Crippen molar-refractivity contribution in [3.8, 4) is 32.6 Å². The van der Waals surface area contributed by atoms with Gasteiger partial charge in [-0.25, -0.2) is 0 Å². The van der Waals surface area contributed by atoms with Crippen LogP contribution in [-0.4, -0.2) is 23.4 Å². The van der Waals surface area contributed by atoms with E-state index >= 15 is 0 Å². The molecule has 0 aliphatic carbocycles. The van der Waals surface area contributed by atoms with Gasteiger partial charge in [0.2, 0.25) is 0 Å². The molecule has 0 N–H and O–H groups in total. The summed E-state index contributed by atoms with van der Waals surface area (Å²) in [7, 11) is 0. The van der Waals surface area contributed by atoms with E-state index < -0.39 is 0 Å². The fraction of sp³-hybridized carbons (Fsp3) is 0.588. The zero-order valence-electron chi connectivity index (χ0n) is 24.5. The number of rotatable bonds is 22. The van der Waals surface area contributed by atoms with Crippen LogP contribution in [0.1, 0.15) is 117 Å². The Balaban J connectivity index is 1.33. The van der Waals surface area contributed by atoms with Crippen molar-refractivity contribution in [1.82, 2.24) is 10.2 Å². The molecule has 0 saturated heterocycles. The van der Waals surface area contributed by atoms with Crippen LogP contribution in [0.15, 0.2) is 48.5 Å². The van der Waals surface area contributed by atoms with E-state index in [1.54, 1.807) is 11.3 Å². The maximum atomic E-state index is 5.95.